The zero-order chi connectivity index (χ0) is 23.2. The van der Waals surface area contributed by atoms with Gasteiger partial charge < -0.3 is 15.1 Å². The maximum absolute atomic E-state index is 13.4. The zero-order valence-electron chi connectivity index (χ0n) is 19.4. The third-order valence-electron chi connectivity index (χ3n) is 6.90. The molecule has 0 unspecified atom stereocenters. The number of hydrogen-bond donors (Lipinski definition) is 1. The summed E-state index contributed by atoms with van der Waals surface area (Å²) in [5, 5.41) is 3.07. The lowest BCUT2D eigenvalue weighted by Crippen LogP contribution is -2.51. The van der Waals surface area contributed by atoms with Gasteiger partial charge in [0.05, 0.1) is 12.6 Å². The first-order valence-electron chi connectivity index (χ1n) is 11.9. The summed E-state index contributed by atoms with van der Waals surface area (Å²) in [4.78, 5) is 20.0. The summed E-state index contributed by atoms with van der Waals surface area (Å²) in [7, 11) is 2.19. The van der Waals surface area contributed by atoms with Crippen LogP contribution in [-0.4, -0.2) is 80.0 Å². The minimum absolute atomic E-state index is 0.0857. The van der Waals surface area contributed by atoms with E-state index >= 15 is 0 Å². The van der Waals surface area contributed by atoms with Crippen LogP contribution in [0, 0.1) is 17.6 Å². The minimum Gasteiger partial charge on any atom is -0.344 e. The van der Waals surface area contributed by atoms with E-state index in [2.05, 4.69) is 27.1 Å². The summed E-state index contributed by atoms with van der Waals surface area (Å²) < 4.78 is 26.8. The van der Waals surface area contributed by atoms with Crippen molar-refractivity contribution in [3.8, 4) is 0 Å². The second-order valence-corrected chi connectivity index (χ2v) is 9.43. The number of carbonyl (C=O) groups excluding carboxylic acids is 1. The lowest BCUT2D eigenvalue weighted by atomic mass is 9.96. The SMILES string of the molecule is CN1CCC(CN2CCN(CC(=O)NC(c3ccc(F)cc3)c3ccc(F)cc3)CC2)CC1. The highest BCUT2D eigenvalue weighted by Crippen LogP contribution is 2.23. The molecule has 2 aliphatic heterocycles. The van der Waals surface area contributed by atoms with Gasteiger partial charge in [-0.05, 0) is 74.3 Å². The summed E-state index contributed by atoms with van der Waals surface area (Å²) in [5.74, 6) is 0.0303. The van der Waals surface area contributed by atoms with Crippen molar-refractivity contribution in [2.24, 2.45) is 5.92 Å². The van der Waals surface area contributed by atoms with Crippen LogP contribution >= 0.6 is 0 Å². The van der Waals surface area contributed by atoms with E-state index in [1.165, 1.54) is 50.2 Å². The van der Waals surface area contributed by atoms with Crippen LogP contribution < -0.4 is 5.32 Å². The van der Waals surface area contributed by atoms with Crippen molar-refractivity contribution >= 4 is 5.91 Å². The van der Waals surface area contributed by atoms with Gasteiger partial charge in [0.2, 0.25) is 5.91 Å². The highest BCUT2D eigenvalue weighted by atomic mass is 19.1. The second-order valence-electron chi connectivity index (χ2n) is 9.43. The smallest absolute Gasteiger partial charge is 0.234 e. The summed E-state index contributed by atoms with van der Waals surface area (Å²) in [6.07, 6.45) is 2.54. The Balaban J connectivity index is 1.30. The Morgan fingerprint density at radius 1 is 0.848 bits per heavy atom. The zero-order valence-corrected chi connectivity index (χ0v) is 19.4. The first-order chi connectivity index (χ1) is 16.0. The molecular weight excluding hydrogens is 422 g/mol. The molecule has 2 saturated heterocycles. The predicted molar refractivity (Wildman–Crippen MR) is 126 cm³/mol. The van der Waals surface area contributed by atoms with Crippen LogP contribution in [0.3, 0.4) is 0 Å². The first-order valence-corrected chi connectivity index (χ1v) is 11.9. The van der Waals surface area contributed by atoms with Gasteiger partial charge in [0.1, 0.15) is 11.6 Å². The number of piperidine rings is 1. The number of piperazine rings is 1. The maximum Gasteiger partial charge on any atom is 0.234 e. The summed E-state index contributed by atoms with van der Waals surface area (Å²) in [5.41, 5.74) is 1.53. The van der Waals surface area contributed by atoms with Gasteiger partial charge >= 0.3 is 0 Å². The molecule has 0 atom stereocenters. The Hall–Kier alpha value is -2.35. The number of carbonyl (C=O) groups is 1. The molecule has 178 valence electrons. The number of nitrogens with one attached hydrogen (secondary N) is 1. The predicted octanol–water partition coefficient (Wildman–Crippen LogP) is 3.13. The second kappa shape index (κ2) is 11.2. The van der Waals surface area contributed by atoms with Gasteiger partial charge in [0.15, 0.2) is 0 Å². The van der Waals surface area contributed by atoms with E-state index in [4.69, 9.17) is 0 Å². The number of amides is 1. The van der Waals surface area contributed by atoms with E-state index in [0.717, 1.165) is 49.8 Å². The van der Waals surface area contributed by atoms with Crippen LogP contribution in [-0.2, 0) is 4.79 Å². The molecule has 0 radical (unpaired) electrons. The topological polar surface area (TPSA) is 38.8 Å². The van der Waals surface area contributed by atoms with E-state index in [1.54, 1.807) is 24.3 Å². The van der Waals surface area contributed by atoms with Gasteiger partial charge in [0.25, 0.3) is 0 Å². The average molecular weight is 457 g/mol. The lowest BCUT2D eigenvalue weighted by molar-refractivity contribution is -0.123. The van der Waals surface area contributed by atoms with Crippen LogP contribution in [0.5, 0.6) is 0 Å². The Morgan fingerprint density at radius 3 is 1.85 bits per heavy atom. The van der Waals surface area contributed by atoms with Gasteiger partial charge in [-0.1, -0.05) is 24.3 Å². The lowest BCUT2D eigenvalue weighted by Gasteiger charge is -2.38. The quantitative estimate of drug-likeness (QED) is 0.695. The fraction of sp³-hybridized carbons (Fsp3) is 0.500. The Morgan fingerprint density at radius 2 is 1.33 bits per heavy atom. The summed E-state index contributed by atoms with van der Waals surface area (Å²) in [6, 6.07) is 11.7. The molecule has 33 heavy (non-hydrogen) atoms. The van der Waals surface area contributed by atoms with Crippen LogP contribution in [0.25, 0.3) is 0 Å². The number of rotatable bonds is 7. The highest BCUT2D eigenvalue weighted by Gasteiger charge is 2.24. The fourth-order valence-electron chi connectivity index (χ4n) is 4.82. The molecule has 7 heteroatoms. The van der Waals surface area contributed by atoms with Crippen molar-refractivity contribution in [1.82, 2.24) is 20.0 Å². The molecule has 5 nitrogen and oxygen atoms in total. The van der Waals surface area contributed by atoms with Crippen LogP contribution in [0.15, 0.2) is 48.5 Å². The van der Waals surface area contributed by atoms with Crippen molar-refractivity contribution < 1.29 is 13.6 Å². The largest absolute Gasteiger partial charge is 0.344 e. The van der Waals surface area contributed by atoms with Gasteiger partial charge in [0, 0.05) is 32.7 Å². The van der Waals surface area contributed by atoms with Crippen LogP contribution in [0.1, 0.15) is 30.0 Å². The number of nitrogens with zero attached hydrogens (tertiary/aromatic N) is 3. The molecule has 1 N–H and O–H groups in total. The summed E-state index contributed by atoms with van der Waals surface area (Å²) >= 11 is 0. The maximum atomic E-state index is 13.4. The molecule has 2 aromatic rings. The molecule has 4 rings (SSSR count). The first kappa shape index (κ1) is 23.8. The highest BCUT2D eigenvalue weighted by molar-refractivity contribution is 5.79. The van der Waals surface area contributed by atoms with E-state index in [-0.39, 0.29) is 17.5 Å². The molecule has 2 heterocycles. The molecule has 2 fully saturated rings. The number of hydrogen-bond acceptors (Lipinski definition) is 4. The number of benzene rings is 2. The van der Waals surface area contributed by atoms with E-state index in [1.807, 2.05) is 0 Å². The molecule has 0 bridgehead atoms. The van der Waals surface area contributed by atoms with Gasteiger partial charge in [-0.3, -0.25) is 9.69 Å². The Bertz CT molecular complexity index is 844. The van der Waals surface area contributed by atoms with Gasteiger partial charge in [-0.2, -0.15) is 0 Å². The van der Waals surface area contributed by atoms with Crippen LogP contribution in [0.4, 0.5) is 8.78 Å². The van der Waals surface area contributed by atoms with Crippen molar-refractivity contribution in [1.29, 1.82) is 0 Å². The molecule has 0 aromatic heterocycles. The normalized spacial score (nSPS) is 19.2. The molecular formula is C26H34F2N4O. The van der Waals surface area contributed by atoms with Crippen molar-refractivity contribution in [3.63, 3.8) is 0 Å². The molecule has 0 saturated carbocycles. The molecule has 2 aromatic carbocycles. The van der Waals surface area contributed by atoms with E-state index in [9.17, 15) is 13.6 Å². The van der Waals surface area contributed by atoms with E-state index in [0.29, 0.717) is 6.54 Å². The van der Waals surface area contributed by atoms with Crippen LogP contribution in [0.2, 0.25) is 0 Å². The molecule has 0 aliphatic carbocycles. The van der Waals surface area contributed by atoms with Gasteiger partial charge in [-0.15, -0.1) is 0 Å². The standard InChI is InChI=1S/C26H34F2N4O/c1-30-12-10-20(11-13-30)18-31-14-16-32(17-15-31)19-25(33)29-26(21-2-6-23(27)7-3-21)22-4-8-24(28)9-5-22/h2-9,20,26H,10-19H2,1H3,(H,29,33). The average Bonchev–Trinajstić information content (AvgIpc) is 2.82. The molecule has 2 aliphatic rings. The Labute approximate surface area is 195 Å². The third-order valence-corrected chi connectivity index (χ3v) is 6.90. The molecule has 1 amide bonds. The van der Waals surface area contributed by atoms with Crippen molar-refractivity contribution in [3.05, 3.63) is 71.3 Å². The van der Waals surface area contributed by atoms with E-state index < -0.39 is 6.04 Å². The van der Waals surface area contributed by atoms with Crippen molar-refractivity contribution in [2.45, 2.75) is 18.9 Å². The fourth-order valence-corrected chi connectivity index (χ4v) is 4.82. The summed E-state index contributed by atoms with van der Waals surface area (Å²) in [6.45, 7) is 7.57. The monoisotopic (exact) mass is 456 g/mol. The number of halogens is 2. The third kappa shape index (κ3) is 6.82. The number of likely N-dealkylation sites (tertiary alicyclic amines) is 1. The van der Waals surface area contributed by atoms with Crippen molar-refractivity contribution in [2.75, 3.05) is 59.4 Å². The Kier molecular flexibility index (Phi) is 8.06. The minimum atomic E-state index is -0.454. The molecule has 0 spiro atoms. The van der Waals surface area contributed by atoms with Gasteiger partial charge in [-0.25, -0.2) is 8.78 Å².